The molecular weight excluding hydrogens is 253 g/mol. The van der Waals surface area contributed by atoms with Crippen molar-refractivity contribution in [3.63, 3.8) is 0 Å². The molecule has 0 N–H and O–H groups in total. The highest BCUT2D eigenvalue weighted by Gasteiger charge is 2.20. The minimum absolute atomic E-state index is 0.788. The summed E-state index contributed by atoms with van der Waals surface area (Å²) in [4.78, 5) is 7.48. The van der Waals surface area contributed by atoms with E-state index in [1.807, 2.05) is 62.2 Å². The van der Waals surface area contributed by atoms with Gasteiger partial charge in [0.25, 0.3) is 0 Å². The van der Waals surface area contributed by atoms with E-state index >= 15 is 0 Å². The van der Waals surface area contributed by atoms with Gasteiger partial charge < -0.3 is 17.3 Å². The molecular formula is C9H16BF4N3O. The lowest BCUT2D eigenvalue weighted by Gasteiger charge is -2.10. The SMILES string of the molecule is CN(C)C(On1cccc1)=[N+](C)C.F[B-](F)(F)F. The number of halogens is 4. The molecule has 0 aromatic carbocycles. The molecule has 9 heteroatoms. The highest BCUT2D eigenvalue weighted by atomic mass is 19.5. The second kappa shape index (κ2) is 6.92. The Morgan fingerprint density at radius 3 is 1.78 bits per heavy atom. The Bertz CT molecular complexity index is 366. The zero-order valence-electron chi connectivity index (χ0n) is 10.6. The Morgan fingerprint density at radius 2 is 1.50 bits per heavy atom. The zero-order chi connectivity index (χ0) is 14.3. The Kier molecular flexibility index (Phi) is 6.28. The Balaban J connectivity index is 0.000000494. The summed E-state index contributed by atoms with van der Waals surface area (Å²) in [5.74, 6) is 0. The summed E-state index contributed by atoms with van der Waals surface area (Å²) in [7, 11) is 1.77. The van der Waals surface area contributed by atoms with E-state index in [4.69, 9.17) is 4.84 Å². The molecule has 0 fully saturated rings. The summed E-state index contributed by atoms with van der Waals surface area (Å²) < 4.78 is 42.6. The molecule has 0 aliphatic heterocycles. The molecule has 1 aromatic heterocycles. The third kappa shape index (κ3) is 8.48. The largest absolute Gasteiger partial charge is 0.673 e. The molecule has 0 aliphatic carbocycles. The molecule has 4 nitrogen and oxygen atoms in total. The van der Waals surface area contributed by atoms with Gasteiger partial charge in [0.15, 0.2) is 0 Å². The van der Waals surface area contributed by atoms with Crippen LogP contribution in [0.4, 0.5) is 17.3 Å². The van der Waals surface area contributed by atoms with Gasteiger partial charge in [0.05, 0.1) is 28.2 Å². The van der Waals surface area contributed by atoms with Crippen LogP contribution in [0.25, 0.3) is 0 Å². The van der Waals surface area contributed by atoms with Crippen LogP contribution < -0.4 is 4.84 Å². The van der Waals surface area contributed by atoms with Gasteiger partial charge in [-0.15, -0.1) is 0 Å². The number of nitrogens with zero attached hydrogens (tertiary/aromatic N) is 3. The van der Waals surface area contributed by atoms with E-state index in [0.29, 0.717) is 0 Å². The Hall–Kier alpha value is -1.67. The van der Waals surface area contributed by atoms with Crippen LogP contribution in [0.15, 0.2) is 24.5 Å². The van der Waals surface area contributed by atoms with E-state index < -0.39 is 7.25 Å². The molecule has 1 rings (SSSR count). The monoisotopic (exact) mass is 269 g/mol. The molecule has 0 spiro atoms. The van der Waals surface area contributed by atoms with Crippen molar-refractivity contribution in [1.29, 1.82) is 0 Å². The minimum atomic E-state index is -6.00. The molecule has 0 atom stereocenters. The summed E-state index contributed by atoms with van der Waals surface area (Å²) in [5, 5.41) is 0. The predicted octanol–water partition coefficient (Wildman–Crippen LogP) is 1.41. The summed E-state index contributed by atoms with van der Waals surface area (Å²) in [6, 6.07) is 4.63. The van der Waals surface area contributed by atoms with Crippen LogP contribution >= 0.6 is 0 Å². The average molecular weight is 269 g/mol. The fourth-order valence-electron chi connectivity index (χ4n) is 1.04. The number of aromatic nitrogens is 1. The molecule has 0 saturated carbocycles. The zero-order valence-corrected chi connectivity index (χ0v) is 10.6. The lowest BCUT2D eigenvalue weighted by atomic mass is 10.3. The Morgan fingerprint density at radius 1 is 1.11 bits per heavy atom. The van der Waals surface area contributed by atoms with Crippen molar-refractivity contribution in [3.8, 4) is 0 Å². The molecule has 104 valence electrons. The highest BCUT2D eigenvalue weighted by molar-refractivity contribution is 6.50. The van der Waals surface area contributed by atoms with E-state index in [1.54, 1.807) is 4.73 Å². The van der Waals surface area contributed by atoms with Crippen molar-refractivity contribution < 1.29 is 26.7 Å². The smallest absolute Gasteiger partial charge is 0.418 e. The number of rotatable bonds is 1. The third-order valence-corrected chi connectivity index (χ3v) is 1.53. The fourth-order valence-corrected chi connectivity index (χ4v) is 1.04. The predicted molar refractivity (Wildman–Crippen MR) is 62.0 cm³/mol. The first-order valence-electron chi connectivity index (χ1n) is 5.01. The second-order valence-corrected chi connectivity index (χ2v) is 3.70. The molecule has 0 aliphatic rings. The fraction of sp³-hybridized carbons (Fsp3) is 0.444. The lowest BCUT2D eigenvalue weighted by molar-refractivity contribution is -0.480. The van der Waals surface area contributed by atoms with Crippen molar-refractivity contribution in [2.24, 2.45) is 0 Å². The van der Waals surface area contributed by atoms with Gasteiger partial charge in [-0.3, -0.25) is 4.84 Å². The normalized spacial score (nSPS) is 10.2. The van der Waals surface area contributed by atoms with Crippen LogP contribution in [0.1, 0.15) is 0 Å². The first kappa shape index (κ1) is 16.3. The molecule has 1 aromatic rings. The van der Waals surface area contributed by atoms with E-state index in [2.05, 4.69) is 0 Å². The van der Waals surface area contributed by atoms with Gasteiger partial charge in [-0.1, -0.05) is 0 Å². The average Bonchev–Trinajstić information content (AvgIpc) is 2.62. The van der Waals surface area contributed by atoms with Crippen LogP contribution in [-0.2, 0) is 0 Å². The van der Waals surface area contributed by atoms with Crippen molar-refractivity contribution in [1.82, 2.24) is 9.63 Å². The highest BCUT2D eigenvalue weighted by Crippen LogP contribution is 2.06. The standard InChI is InChI=1S/C9H16N3O.BF4/c1-10(2)9(11(3)4)13-12-7-5-6-8-12;2-1(3,4)5/h5-8H,1-4H3;/q+1;-1. The van der Waals surface area contributed by atoms with Crippen LogP contribution in [0.2, 0.25) is 0 Å². The first-order chi connectivity index (χ1) is 8.11. The molecule has 0 bridgehead atoms. The van der Waals surface area contributed by atoms with E-state index in [1.165, 1.54) is 0 Å². The molecule has 0 saturated heterocycles. The first-order valence-corrected chi connectivity index (χ1v) is 5.01. The van der Waals surface area contributed by atoms with Gasteiger partial charge in [-0.2, -0.15) is 4.73 Å². The summed E-state index contributed by atoms with van der Waals surface area (Å²) in [6.45, 7) is 0. The number of amidine groups is 1. The van der Waals surface area contributed by atoms with E-state index in [-0.39, 0.29) is 0 Å². The quantitative estimate of drug-likeness (QED) is 0.252. The second-order valence-electron chi connectivity index (χ2n) is 3.70. The minimum Gasteiger partial charge on any atom is -0.418 e. The van der Waals surface area contributed by atoms with Gasteiger partial charge in [0, 0.05) is 12.4 Å². The van der Waals surface area contributed by atoms with Gasteiger partial charge in [0.1, 0.15) is 0 Å². The van der Waals surface area contributed by atoms with Gasteiger partial charge in [-0.25, -0.2) is 9.48 Å². The summed E-state index contributed by atoms with van der Waals surface area (Å²) >= 11 is 0. The van der Waals surface area contributed by atoms with Crippen LogP contribution in [-0.4, -0.2) is 55.7 Å². The maximum Gasteiger partial charge on any atom is 0.673 e. The summed E-state index contributed by atoms with van der Waals surface area (Å²) in [5.41, 5.74) is 0. The van der Waals surface area contributed by atoms with Crippen molar-refractivity contribution in [2.45, 2.75) is 0 Å². The van der Waals surface area contributed by atoms with Gasteiger partial charge in [0.2, 0.25) is 0 Å². The van der Waals surface area contributed by atoms with Crippen molar-refractivity contribution in [2.75, 3.05) is 28.2 Å². The number of hydrogen-bond donors (Lipinski definition) is 0. The van der Waals surface area contributed by atoms with Crippen LogP contribution in [0.3, 0.4) is 0 Å². The van der Waals surface area contributed by atoms with Crippen LogP contribution in [0, 0.1) is 0 Å². The Labute approximate surface area is 103 Å². The number of hydrogen-bond acceptors (Lipinski definition) is 1. The van der Waals surface area contributed by atoms with E-state index in [0.717, 1.165) is 6.02 Å². The maximum atomic E-state index is 9.75. The molecule has 0 radical (unpaired) electrons. The molecule has 0 amide bonds. The molecule has 18 heavy (non-hydrogen) atoms. The maximum absolute atomic E-state index is 9.75. The van der Waals surface area contributed by atoms with Crippen molar-refractivity contribution >= 4 is 13.3 Å². The lowest BCUT2D eigenvalue weighted by Crippen LogP contribution is -2.38. The third-order valence-electron chi connectivity index (χ3n) is 1.53. The van der Waals surface area contributed by atoms with E-state index in [9.17, 15) is 17.3 Å². The van der Waals surface area contributed by atoms with Crippen molar-refractivity contribution in [3.05, 3.63) is 24.5 Å². The van der Waals surface area contributed by atoms with Crippen LogP contribution in [0.5, 0.6) is 0 Å². The summed E-state index contributed by atoms with van der Waals surface area (Å²) in [6.07, 6.45) is 3.71. The van der Waals surface area contributed by atoms with Gasteiger partial charge in [-0.05, 0) is 12.1 Å². The molecule has 0 unspecified atom stereocenters. The molecule has 1 heterocycles. The van der Waals surface area contributed by atoms with Gasteiger partial charge >= 0.3 is 13.3 Å². The topological polar surface area (TPSA) is 20.4 Å².